The van der Waals surface area contributed by atoms with Crippen molar-refractivity contribution in [2.45, 2.75) is 39.2 Å². The van der Waals surface area contributed by atoms with Gasteiger partial charge in [0, 0.05) is 16.9 Å². The van der Waals surface area contributed by atoms with Gasteiger partial charge in [-0.25, -0.2) is 4.79 Å². The highest BCUT2D eigenvalue weighted by Crippen LogP contribution is 2.72. The third-order valence-corrected chi connectivity index (χ3v) is 6.45. The zero-order chi connectivity index (χ0) is 12.7. The van der Waals surface area contributed by atoms with Crippen molar-refractivity contribution >= 4 is 5.97 Å². The lowest BCUT2D eigenvalue weighted by atomic mass is 9.64. The van der Waals surface area contributed by atoms with Crippen molar-refractivity contribution in [3.05, 3.63) is 11.6 Å². The highest BCUT2D eigenvalue weighted by molar-refractivity contribution is 5.92. The van der Waals surface area contributed by atoms with Crippen LogP contribution in [0.3, 0.4) is 0 Å². The number of cyclic esters (lactones) is 1. The number of hydrogen-bond acceptors (Lipinski definition) is 3. The standard InChI is InChI=1S/C15H20O3/c1-14(2)10-6-15-8(3-4-12(14)15)7-18-13(17)9(15)5-11(10)16/h5,8,10-12,16H,3-4,6-7H2,1-2H3/t8-,10+,11+,12+,15+/m1/s1. The van der Waals surface area contributed by atoms with E-state index in [4.69, 9.17) is 4.74 Å². The maximum atomic E-state index is 12.1. The predicted molar refractivity (Wildman–Crippen MR) is 65.6 cm³/mol. The normalized spacial score (nSPS) is 51.7. The molecular weight excluding hydrogens is 228 g/mol. The molecule has 3 nitrogen and oxygen atoms in total. The van der Waals surface area contributed by atoms with Gasteiger partial charge >= 0.3 is 5.97 Å². The van der Waals surface area contributed by atoms with E-state index in [1.807, 2.05) is 6.08 Å². The number of aliphatic hydroxyl groups excluding tert-OH is 1. The van der Waals surface area contributed by atoms with E-state index in [9.17, 15) is 9.90 Å². The van der Waals surface area contributed by atoms with E-state index in [0.29, 0.717) is 24.4 Å². The number of fused-ring (bicyclic) bond motifs is 1. The zero-order valence-corrected chi connectivity index (χ0v) is 11.0. The minimum atomic E-state index is -0.475. The van der Waals surface area contributed by atoms with Gasteiger partial charge in [0.05, 0.1) is 12.7 Å². The topological polar surface area (TPSA) is 46.5 Å². The Morgan fingerprint density at radius 1 is 1.39 bits per heavy atom. The molecule has 4 rings (SSSR count). The van der Waals surface area contributed by atoms with Crippen molar-refractivity contribution in [1.82, 2.24) is 0 Å². The van der Waals surface area contributed by atoms with Crippen molar-refractivity contribution in [3.8, 4) is 0 Å². The van der Waals surface area contributed by atoms with Crippen LogP contribution in [-0.2, 0) is 9.53 Å². The third kappa shape index (κ3) is 0.965. The van der Waals surface area contributed by atoms with Crippen LogP contribution >= 0.6 is 0 Å². The van der Waals surface area contributed by atoms with Gasteiger partial charge in [0.15, 0.2) is 0 Å². The summed E-state index contributed by atoms with van der Waals surface area (Å²) in [6.45, 7) is 5.14. The molecular formula is C15H20O3. The molecule has 18 heavy (non-hydrogen) atoms. The Kier molecular flexibility index (Phi) is 1.84. The Morgan fingerprint density at radius 2 is 2.17 bits per heavy atom. The van der Waals surface area contributed by atoms with E-state index >= 15 is 0 Å². The zero-order valence-electron chi connectivity index (χ0n) is 11.0. The molecule has 0 aromatic heterocycles. The molecule has 3 heteroatoms. The van der Waals surface area contributed by atoms with Gasteiger partial charge in [-0.2, -0.15) is 0 Å². The van der Waals surface area contributed by atoms with E-state index in [1.54, 1.807) is 0 Å². The second kappa shape index (κ2) is 3.01. The van der Waals surface area contributed by atoms with Crippen molar-refractivity contribution < 1.29 is 14.6 Å². The van der Waals surface area contributed by atoms with Gasteiger partial charge in [0.2, 0.25) is 0 Å². The number of rotatable bonds is 0. The van der Waals surface area contributed by atoms with E-state index in [2.05, 4.69) is 13.8 Å². The van der Waals surface area contributed by atoms with Gasteiger partial charge in [-0.3, -0.25) is 0 Å². The van der Waals surface area contributed by atoms with Crippen LogP contribution in [0.2, 0.25) is 0 Å². The number of hydrogen-bond donors (Lipinski definition) is 1. The van der Waals surface area contributed by atoms with Crippen LogP contribution in [0.1, 0.15) is 33.1 Å². The summed E-state index contributed by atoms with van der Waals surface area (Å²) in [5, 5.41) is 10.3. The highest BCUT2D eigenvalue weighted by atomic mass is 16.5. The quantitative estimate of drug-likeness (QED) is 0.666. The van der Waals surface area contributed by atoms with Gasteiger partial charge < -0.3 is 9.84 Å². The van der Waals surface area contributed by atoms with Crippen LogP contribution in [0.5, 0.6) is 0 Å². The predicted octanol–water partition coefficient (Wildman–Crippen LogP) is 1.90. The minimum Gasteiger partial charge on any atom is -0.462 e. The molecule has 0 unspecified atom stereocenters. The lowest BCUT2D eigenvalue weighted by Crippen LogP contribution is -2.44. The number of ether oxygens (including phenoxy) is 1. The second-order valence-electron chi connectivity index (χ2n) is 7.17. The van der Waals surface area contributed by atoms with Gasteiger partial charge in [-0.15, -0.1) is 0 Å². The molecule has 1 saturated heterocycles. The molecule has 0 radical (unpaired) electrons. The van der Waals surface area contributed by atoms with Crippen LogP contribution in [0.25, 0.3) is 0 Å². The summed E-state index contributed by atoms with van der Waals surface area (Å²) in [5.74, 6) is 1.16. The Morgan fingerprint density at radius 3 is 2.94 bits per heavy atom. The molecule has 1 heterocycles. The van der Waals surface area contributed by atoms with Crippen LogP contribution in [-0.4, -0.2) is 23.8 Å². The Bertz CT molecular complexity index is 464. The number of esters is 1. The first-order valence-corrected chi connectivity index (χ1v) is 7.05. The van der Waals surface area contributed by atoms with Crippen LogP contribution < -0.4 is 0 Å². The summed E-state index contributed by atoms with van der Waals surface area (Å²) >= 11 is 0. The molecule has 1 aliphatic heterocycles. The Balaban J connectivity index is 1.95. The average molecular weight is 248 g/mol. The third-order valence-electron chi connectivity index (χ3n) is 6.45. The molecule has 3 fully saturated rings. The van der Waals surface area contributed by atoms with E-state index < -0.39 is 6.10 Å². The maximum absolute atomic E-state index is 12.1. The monoisotopic (exact) mass is 248 g/mol. The van der Waals surface area contributed by atoms with Gasteiger partial charge in [-0.05, 0) is 42.6 Å². The molecule has 5 atom stereocenters. The van der Waals surface area contributed by atoms with Crippen LogP contribution in [0.4, 0.5) is 0 Å². The summed E-state index contributed by atoms with van der Waals surface area (Å²) < 4.78 is 5.32. The number of carbonyl (C=O) groups is 1. The lowest BCUT2D eigenvalue weighted by Gasteiger charge is -2.43. The Labute approximate surface area is 107 Å². The summed E-state index contributed by atoms with van der Waals surface area (Å²) in [6.07, 6.45) is 4.67. The smallest absolute Gasteiger partial charge is 0.334 e. The molecule has 1 N–H and O–H groups in total. The maximum Gasteiger partial charge on any atom is 0.334 e. The summed E-state index contributed by atoms with van der Waals surface area (Å²) in [6, 6.07) is 0. The fraction of sp³-hybridized carbons (Fsp3) is 0.800. The number of carbonyl (C=O) groups excluding carboxylic acids is 1. The molecule has 0 aromatic carbocycles. The average Bonchev–Trinajstić information content (AvgIpc) is 2.76. The van der Waals surface area contributed by atoms with Crippen LogP contribution in [0, 0.1) is 28.6 Å². The van der Waals surface area contributed by atoms with Crippen LogP contribution in [0.15, 0.2) is 11.6 Å². The molecule has 0 aromatic rings. The van der Waals surface area contributed by atoms with Gasteiger partial charge in [0.25, 0.3) is 0 Å². The molecule has 2 bridgehead atoms. The van der Waals surface area contributed by atoms with Crippen molar-refractivity contribution in [1.29, 1.82) is 0 Å². The first-order chi connectivity index (χ1) is 8.48. The summed E-state index contributed by atoms with van der Waals surface area (Å²) in [4.78, 5) is 12.1. The summed E-state index contributed by atoms with van der Waals surface area (Å²) in [7, 11) is 0. The van der Waals surface area contributed by atoms with E-state index in [1.165, 1.54) is 12.8 Å². The van der Waals surface area contributed by atoms with Gasteiger partial charge in [0.1, 0.15) is 0 Å². The van der Waals surface area contributed by atoms with E-state index in [-0.39, 0.29) is 16.8 Å². The summed E-state index contributed by atoms with van der Waals surface area (Å²) in [5.41, 5.74) is 0.961. The SMILES string of the molecule is CC1(C)[C@H]2C[C@@]34C(=C[C@@H]2O)C(=O)OC[C@H]3CC[C@@H]14. The first kappa shape index (κ1) is 11.0. The van der Waals surface area contributed by atoms with Crippen molar-refractivity contribution in [3.63, 3.8) is 0 Å². The second-order valence-corrected chi connectivity index (χ2v) is 7.17. The molecule has 2 saturated carbocycles. The first-order valence-electron chi connectivity index (χ1n) is 7.05. The fourth-order valence-corrected chi connectivity index (χ4v) is 5.66. The molecule has 0 amide bonds. The molecule has 4 aliphatic rings. The molecule has 1 spiro atoms. The van der Waals surface area contributed by atoms with Gasteiger partial charge in [-0.1, -0.05) is 13.8 Å². The fourth-order valence-electron chi connectivity index (χ4n) is 5.66. The highest BCUT2D eigenvalue weighted by Gasteiger charge is 2.69. The van der Waals surface area contributed by atoms with Crippen molar-refractivity contribution in [2.75, 3.05) is 6.61 Å². The molecule has 3 aliphatic carbocycles. The van der Waals surface area contributed by atoms with E-state index in [0.717, 1.165) is 12.0 Å². The number of aliphatic hydroxyl groups is 1. The van der Waals surface area contributed by atoms with Crippen molar-refractivity contribution in [2.24, 2.45) is 28.6 Å². The minimum absolute atomic E-state index is 0.0305. The Hall–Kier alpha value is -0.830. The largest absolute Gasteiger partial charge is 0.462 e. The molecule has 98 valence electrons. The lowest BCUT2D eigenvalue weighted by molar-refractivity contribution is -0.149.